The Kier molecular flexibility index (Phi) is 4.89. The fourth-order valence-corrected chi connectivity index (χ4v) is 1.41. The summed E-state index contributed by atoms with van der Waals surface area (Å²) in [6.07, 6.45) is 2.99. The quantitative estimate of drug-likeness (QED) is 0.716. The van der Waals surface area contributed by atoms with Crippen molar-refractivity contribution in [3.05, 3.63) is 17.8 Å². The number of thioether (sulfide) groups is 1. The van der Waals surface area contributed by atoms with E-state index in [1.54, 1.807) is 23.9 Å². The number of amides is 1. The lowest BCUT2D eigenvalue weighted by molar-refractivity contribution is 0.0948. The van der Waals surface area contributed by atoms with E-state index in [9.17, 15) is 4.79 Å². The molecule has 0 aliphatic carbocycles. The Labute approximate surface area is 92.8 Å². The second kappa shape index (κ2) is 6.23. The fraction of sp³-hybridized carbons (Fsp3) is 0.444. The molecule has 1 amide bonds. The molecule has 82 valence electrons. The number of nitrogens with one attached hydrogen (secondary N) is 1. The number of anilines is 1. The van der Waals surface area contributed by atoms with E-state index < -0.39 is 0 Å². The normalized spacial score (nSPS) is 9.93. The number of hydrogen-bond donors (Lipinski definition) is 2. The molecule has 0 aliphatic rings. The minimum Gasteiger partial charge on any atom is -0.382 e. The van der Waals surface area contributed by atoms with E-state index in [0.29, 0.717) is 18.1 Å². The summed E-state index contributed by atoms with van der Waals surface area (Å²) in [5.41, 5.74) is 5.66. The van der Waals surface area contributed by atoms with Crippen LogP contribution in [0.1, 0.15) is 16.9 Å². The van der Waals surface area contributed by atoms with Crippen LogP contribution in [-0.2, 0) is 0 Å². The van der Waals surface area contributed by atoms with Crippen molar-refractivity contribution < 1.29 is 4.79 Å². The number of hydrogen-bond acceptors (Lipinski definition) is 5. The summed E-state index contributed by atoms with van der Waals surface area (Å²) in [5, 5.41) is 10.0. The molecule has 0 saturated carbocycles. The first-order valence-corrected chi connectivity index (χ1v) is 6.00. The maximum absolute atomic E-state index is 11.5. The lowest BCUT2D eigenvalue weighted by atomic mass is 10.3. The zero-order valence-corrected chi connectivity index (χ0v) is 9.38. The van der Waals surface area contributed by atoms with Gasteiger partial charge in [-0.2, -0.15) is 11.8 Å². The number of carbonyl (C=O) groups is 1. The highest BCUT2D eigenvalue weighted by Crippen LogP contribution is 1.97. The van der Waals surface area contributed by atoms with Crippen LogP contribution >= 0.6 is 11.8 Å². The SMILES string of the molecule is CSCCCNC(=O)c1ccc(N)nn1. The first-order chi connectivity index (χ1) is 7.24. The lowest BCUT2D eigenvalue weighted by Crippen LogP contribution is -2.26. The Bertz CT molecular complexity index is 314. The van der Waals surface area contributed by atoms with Gasteiger partial charge in [0.1, 0.15) is 5.82 Å². The predicted octanol–water partition coefficient (Wildman–Crippen LogP) is 0.542. The number of nitrogen functional groups attached to an aromatic ring is 1. The van der Waals surface area contributed by atoms with Gasteiger partial charge in [-0.1, -0.05) is 0 Å². The number of carbonyl (C=O) groups excluding carboxylic acids is 1. The Hall–Kier alpha value is -1.30. The highest BCUT2D eigenvalue weighted by molar-refractivity contribution is 7.98. The highest BCUT2D eigenvalue weighted by Gasteiger charge is 2.05. The molecule has 1 rings (SSSR count). The number of aromatic nitrogens is 2. The van der Waals surface area contributed by atoms with E-state index in [0.717, 1.165) is 12.2 Å². The van der Waals surface area contributed by atoms with E-state index in [-0.39, 0.29) is 5.91 Å². The molecule has 0 saturated heterocycles. The summed E-state index contributed by atoms with van der Waals surface area (Å²) >= 11 is 1.76. The van der Waals surface area contributed by atoms with Crippen molar-refractivity contribution in [2.75, 3.05) is 24.3 Å². The molecule has 0 unspecified atom stereocenters. The van der Waals surface area contributed by atoms with Crippen LogP contribution in [0, 0.1) is 0 Å². The fourth-order valence-electron chi connectivity index (χ4n) is 0.973. The van der Waals surface area contributed by atoms with Gasteiger partial charge < -0.3 is 11.1 Å². The molecule has 0 fully saturated rings. The molecule has 1 aromatic rings. The van der Waals surface area contributed by atoms with Crippen molar-refractivity contribution in [2.45, 2.75) is 6.42 Å². The van der Waals surface area contributed by atoms with E-state index in [2.05, 4.69) is 15.5 Å². The molecule has 0 aliphatic heterocycles. The van der Waals surface area contributed by atoms with Crippen LogP contribution in [0.2, 0.25) is 0 Å². The van der Waals surface area contributed by atoms with Gasteiger partial charge in [0.2, 0.25) is 0 Å². The zero-order chi connectivity index (χ0) is 11.1. The molecule has 0 spiro atoms. The Morgan fingerprint density at radius 2 is 2.33 bits per heavy atom. The van der Waals surface area contributed by atoms with E-state index in [1.807, 2.05) is 6.26 Å². The summed E-state index contributed by atoms with van der Waals surface area (Å²) in [4.78, 5) is 11.5. The average molecular weight is 226 g/mol. The molecule has 0 bridgehead atoms. The first-order valence-electron chi connectivity index (χ1n) is 4.60. The molecule has 6 heteroatoms. The van der Waals surface area contributed by atoms with Crippen LogP contribution < -0.4 is 11.1 Å². The van der Waals surface area contributed by atoms with Gasteiger partial charge in [0, 0.05) is 6.54 Å². The summed E-state index contributed by atoms with van der Waals surface area (Å²) in [6, 6.07) is 3.12. The maximum atomic E-state index is 11.5. The molecule has 0 radical (unpaired) electrons. The van der Waals surface area contributed by atoms with Gasteiger partial charge in [0.25, 0.3) is 5.91 Å². The van der Waals surface area contributed by atoms with Gasteiger partial charge in [0.05, 0.1) is 0 Å². The third-order valence-electron chi connectivity index (χ3n) is 1.73. The van der Waals surface area contributed by atoms with Gasteiger partial charge >= 0.3 is 0 Å². The second-order valence-corrected chi connectivity index (χ2v) is 3.93. The predicted molar refractivity (Wildman–Crippen MR) is 61.8 cm³/mol. The van der Waals surface area contributed by atoms with Crippen LogP contribution in [-0.4, -0.2) is 34.7 Å². The minimum atomic E-state index is -0.205. The first kappa shape index (κ1) is 11.8. The summed E-state index contributed by atoms with van der Waals surface area (Å²) in [6.45, 7) is 0.658. The standard InChI is InChI=1S/C9H14N4OS/c1-15-6-2-5-11-9(14)7-3-4-8(10)13-12-7/h3-4H,2,5-6H2,1H3,(H2,10,13)(H,11,14). The summed E-state index contributed by atoms with van der Waals surface area (Å²) in [7, 11) is 0. The van der Waals surface area contributed by atoms with Gasteiger partial charge in [-0.25, -0.2) is 0 Å². The van der Waals surface area contributed by atoms with Crippen molar-refractivity contribution >= 4 is 23.5 Å². The summed E-state index contributed by atoms with van der Waals surface area (Å²) in [5.74, 6) is 1.14. The molecule has 0 aromatic carbocycles. The minimum absolute atomic E-state index is 0.205. The Morgan fingerprint density at radius 1 is 1.53 bits per heavy atom. The smallest absolute Gasteiger partial charge is 0.271 e. The number of nitrogens with zero attached hydrogens (tertiary/aromatic N) is 2. The van der Waals surface area contributed by atoms with Crippen LogP contribution in [0.25, 0.3) is 0 Å². The monoisotopic (exact) mass is 226 g/mol. The van der Waals surface area contributed by atoms with Gasteiger partial charge in [0.15, 0.2) is 5.69 Å². The third-order valence-corrected chi connectivity index (χ3v) is 2.43. The molecule has 5 nitrogen and oxygen atoms in total. The van der Waals surface area contributed by atoms with Crippen LogP contribution in [0.5, 0.6) is 0 Å². The van der Waals surface area contributed by atoms with Gasteiger partial charge in [-0.05, 0) is 30.6 Å². The maximum Gasteiger partial charge on any atom is 0.271 e. The van der Waals surface area contributed by atoms with Crippen LogP contribution in [0.4, 0.5) is 5.82 Å². The average Bonchev–Trinajstić information content (AvgIpc) is 2.25. The van der Waals surface area contributed by atoms with E-state index in [1.165, 1.54) is 0 Å². The highest BCUT2D eigenvalue weighted by atomic mass is 32.2. The van der Waals surface area contributed by atoms with Crippen molar-refractivity contribution in [1.82, 2.24) is 15.5 Å². The Balaban J connectivity index is 2.37. The topological polar surface area (TPSA) is 80.9 Å². The molecular formula is C9H14N4OS. The zero-order valence-electron chi connectivity index (χ0n) is 8.56. The van der Waals surface area contributed by atoms with E-state index in [4.69, 9.17) is 5.73 Å². The number of nitrogens with two attached hydrogens (primary N) is 1. The molecule has 1 aromatic heterocycles. The van der Waals surface area contributed by atoms with Gasteiger partial charge in [-0.15, -0.1) is 10.2 Å². The lowest BCUT2D eigenvalue weighted by Gasteiger charge is -2.03. The van der Waals surface area contributed by atoms with E-state index >= 15 is 0 Å². The largest absolute Gasteiger partial charge is 0.382 e. The van der Waals surface area contributed by atoms with Crippen molar-refractivity contribution in [1.29, 1.82) is 0 Å². The Morgan fingerprint density at radius 3 is 2.93 bits per heavy atom. The van der Waals surface area contributed by atoms with Crippen LogP contribution in [0.15, 0.2) is 12.1 Å². The molecular weight excluding hydrogens is 212 g/mol. The third kappa shape index (κ3) is 4.16. The van der Waals surface area contributed by atoms with Crippen LogP contribution in [0.3, 0.4) is 0 Å². The molecule has 3 N–H and O–H groups in total. The van der Waals surface area contributed by atoms with Crippen molar-refractivity contribution in [3.63, 3.8) is 0 Å². The van der Waals surface area contributed by atoms with Crippen molar-refractivity contribution in [3.8, 4) is 0 Å². The second-order valence-electron chi connectivity index (χ2n) is 2.95. The summed E-state index contributed by atoms with van der Waals surface area (Å²) < 4.78 is 0. The molecule has 0 atom stereocenters. The number of rotatable bonds is 5. The molecule has 15 heavy (non-hydrogen) atoms. The molecule has 1 heterocycles. The van der Waals surface area contributed by atoms with Gasteiger partial charge in [-0.3, -0.25) is 4.79 Å². The van der Waals surface area contributed by atoms with Crippen molar-refractivity contribution in [2.24, 2.45) is 0 Å².